The first-order valence-electron chi connectivity index (χ1n) is 5.27. The van der Waals surface area contributed by atoms with Gasteiger partial charge in [0.2, 0.25) is 0 Å². The first-order valence-corrected chi connectivity index (χ1v) is 5.27. The summed E-state index contributed by atoms with van der Waals surface area (Å²) in [6.07, 6.45) is 0.751. The van der Waals surface area contributed by atoms with Crippen molar-refractivity contribution < 1.29 is 14.3 Å². The second kappa shape index (κ2) is 5.80. The smallest absolute Gasteiger partial charge is 0.310 e. The van der Waals surface area contributed by atoms with Gasteiger partial charge in [0.15, 0.2) is 0 Å². The summed E-state index contributed by atoms with van der Waals surface area (Å²) in [6, 6.07) is 5.25. The van der Waals surface area contributed by atoms with Crippen LogP contribution in [0.4, 0.5) is 0 Å². The van der Waals surface area contributed by atoms with E-state index in [0.29, 0.717) is 35.1 Å². The van der Waals surface area contributed by atoms with Gasteiger partial charge in [-0.1, -0.05) is 12.1 Å². The fourth-order valence-electron chi connectivity index (χ4n) is 1.58. The number of rotatable bonds is 4. The fraction of sp³-hybridized carbons (Fsp3) is 0.308. The van der Waals surface area contributed by atoms with E-state index in [2.05, 4.69) is 0 Å². The van der Waals surface area contributed by atoms with Gasteiger partial charge < -0.3 is 4.74 Å². The van der Waals surface area contributed by atoms with Gasteiger partial charge in [0.05, 0.1) is 24.7 Å². The van der Waals surface area contributed by atoms with Crippen LogP contribution >= 0.6 is 0 Å². The lowest BCUT2D eigenvalue weighted by molar-refractivity contribution is -0.142. The Morgan fingerprint density at radius 3 is 2.76 bits per heavy atom. The van der Waals surface area contributed by atoms with E-state index in [4.69, 9.17) is 10.00 Å². The number of carbonyl (C=O) groups is 2. The molecule has 0 unspecified atom stereocenters. The fourth-order valence-corrected chi connectivity index (χ4v) is 1.58. The van der Waals surface area contributed by atoms with E-state index >= 15 is 0 Å². The van der Waals surface area contributed by atoms with E-state index in [1.807, 2.05) is 6.07 Å². The van der Waals surface area contributed by atoms with Gasteiger partial charge in [-0.3, -0.25) is 9.59 Å². The molecule has 0 saturated carbocycles. The molecule has 0 bridgehead atoms. The second-order valence-corrected chi connectivity index (χ2v) is 3.53. The molecule has 1 rings (SSSR count). The predicted octanol–water partition coefficient (Wildman–Crippen LogP) is 1.78. The molecule has 0 aliphatic rings. The Morgan fingerprint density at radius 1 is 1.53 bits per heavy atom. The van der Waals surface area contributed by atoms with Crippen molar-refractivity contribution in [2.45, 2.75) is 20.3 Å². The van der Waals surface area contributed by atoms with Gasteiger partial charge in [-0.2, -0.15) is 5.26 Å². The lowest BCUT2D eigenvalue weighted by Crippen LogP contribution is -2.09. The number of hydrogen-bond donors (Lipinski definition) is 0. The molecule has 0 amide bonds. The van der Waals surface area contributed by atoms with E-state index in [1.54, 1.807) is 26.0 Å². The van der Waals surface area contributed by atoms with Crippen LogP contribution in [0.1, 0.15) is 34.0 Å². The summed E-state index contributed by atoms with van der Waals surface area (Å²) in [5.41, 5.74) is 2.04. The van der Waals surface area contributed by atoms with Crippen LogP contribution in [0.25, 0.3) is 0 Å². The van der Waals surface area contributed by atoms with E-state index in [0.717, 1.165) is 0 Å². The molecule has 0 aliphatic carbocycles. The number of esters is 1. The Morgan fingerprint density at radius 2 is 2.24 bits per heavy atom. The highest BCUT2D eigenvalue weighted by molar-refractivity contribution is 5.80. The first kappa shape index (κ1) is 12.9. The average molecular weight is 231 g/mol. The zero-order valence-corrected chi connectivity index (χ0v) is 9.82. The summed E-state index contributed by atoms with van der Waals surface area (Å²) in [5.74, 6) is -0.373. The normalized spacial score (nSPS) is 9.47. The molecule has 0 N–H and O–H groups in total. The highest BCUT2D eigenvalue weighted by Crippen LogP contribution is 2.17. The van der Waals surface area contributed by atoms with E-state index in [9.17, 15) is 9.59 Å². The molecule has 0 fully saturated rings. The molecule has 1 aromatic rings. The van der Waals surface area contributed by atoms with Gasteiger partial charge in [0.25, 0.3) is 0 Å². The SMILES string of the molecule is CCOC(=O)Cc1ccc(C=O)c(C)c1C#N. The number of carbonyl (C=O) groups excluding carboxylic acids is 2. The number of benzene rings is 1. The number of aldehydes is 1. The standard InChI is InChI=1S/C13H13NO3/c1-3-17-13(16)6-10-4-5-11(8-15)9(2)12(10)7-14/h4-5,8H,3,6H2,1-2H3. The maximum Gasteiger partial charge on any atom is 0.310 e. The van der Waals surface area contributed by atoms with Crippen molar-refractivity contribution in [1.82, 2.24) is 0 Å². The minimum absolute atomic E-state index is 0.0523. The van der Waals surface area contributed by atoms with Crippen molar-refractivity contribution in [3.05, 3.63) is 34.4 Å². The summed E-state index contributed by atoms with van der Waals surface area (Å²) >= 11 is 0. The zero-order chi connectivity index (χ0) is 12.8. The molecule has 0 saturated heterocycles. The van der Waals surface area contributed by atoms with Crippen LogP contribution in [0, 0.1) is 18.3 Å². The Balaban J connectivity index is 3.10. The molecule has 0 atom stereocenters. The Labute approximate surface area is 99.8 Å². The van der Waals surface area contributed by atoms with Gasteiger partial charge in [-0.25, -0.2) is 0 Å². The molecule has 4 nitrogen and oxygen atoms in total. The summed E-state index contributed by atoms with van der Waals surface area (Å²) in [4.78, 5) is 22.1. The van der Waals surface area contributed by atoms with Crippen molar-refractivity contribution in [1.29, 1.82) is 5.26 Å². The monoisotopic (exact) mass is 231 g/mol. The largest absolute Gasteiger partial charge is 0.466 e. The summed E-state index contributed by atoms with van der Waals surface area (Å²) in [5, 5.41) is 9.04. The highest BCUT2D eigenvalue weighted by atomic mass is 16.5. The lowest BCUT2D eigenvalue weighted by Gasteiger charge is -2.08. The zero-order valence-electron chi connectivity index (χ0n) is 9.82. The molecule has 17 heavy (non-hydrogen) atoms. The third-order valence-electron chi connectivity index (χ3n) is 2.47. The van der Waals surface area contributed by atoms with Crippen molar-refractivity contribution in [3.8, 4) is 6.07 Å². The molecule has 4 heteroatoms. The van der Waals surface area contributed by atoms with Gasteiger partial charge in [-0.05, 0) is 25.0 Å². The topological polar surface area (TPSA) is 67.2 Å². The predicted molar refractivity (Wildman–Crippen MR) is 61.6 cm³/mol. The second-order valence-electron chi connectivity index (χ2n) is 3.53. The molecule has 88 valence electrons. The highest BCUT2D eigenvalue weighted by Gasteiger charge is 2.12. The number of nitriles is 1. The molecule has 0 heterocycles. The van der Waals surface area contributed by atoms with Crippen LogP contribution in [-0.2, 0) is 16.0 Å². The van der Waals surface area contributed by atoms with Gasteiger partial charge in [0, 0.05) is 5.56 Å². The summed E-state index contributed by atoms with van der Waals surface area (Å²) in [7, 11) is 0. The quantitative estimate of drug-likeness (QED) is 0.585. The van der Waals surface area contributed by atoms with Gasteiger partial charge >= 0.3 is 5.97 Å². The third-order valence-corrected chi connectivity index (χ3v) is 2.47. The lowest BCUT2D eigenvalue weighted by atomic mass is 9.96. The van der Waals surface area contributed by atoms with Crippen molar-refractivity contribution in [3.63, 3.8) is 0 Å². The maximum atomic E-state index is 11.3. The van der Waals surface area contributed by atoms with Crippen molar-refractivity contribution in [2.24, 2.45) is 0 Å². The molecular formula is C13H13NO3. The van der Waals surface area contributed by atoms with Crippen LogP contribution in [-0.4, -0.2) is 18.9 Å². The van der Waals surface area contributed by atoms with E-state index in [1.165, 1.54) is 0 Å². The average Bonchev–Trinajstić information content (AvgIpc) is 2.30. The van der Waals surface area contributed by atoms with Crippen LogP contribution in [0.2, 0.25) is 0 Å². The summed E-state index contributed by atoms with van der Waals surface area (Å²) in [6.45, 7) is 3.73. The van der Waals surface area contributed by atoms with E-state index in [-0.39, 0.29) is 12.4 Å². The summed E-state index contributed by atoms with van der Waals surface area (Å²) < 4.78 is 4.82. The number of hydrogen-bond acceptors (Lipinski definition) is 4. The Bertz CT molecular complexity index is 486. The number of nitrogens with zero attached hydrogens (tertiary/aromatic N) is 1. The molecule has 1 aromatic carbocycles. The van der Waals surface area contributed by atoms with Gasteiger partial charge in [-0.15, -0.1) is 0 Å². The van der Waals surface area contributed by atoms with Crippen LogP contribution in [0.5, 0.6) is 0 Å². The molecule has 0 aromatic heterocycles. The van der Waals surface area contributed by atoms with Crippen LogP contribution in [0.15, 0.2) is 12.1 Å². The van der Waals surface area contributed by atoms with Crippen molar-refractivity contribution in [2.75, 3.05) is 6.61 Å². The molecular weight excluding hydrogens is 218 g/mol. The first-order chi connectivity index (χ1) is 8.13. The molecule has 0 aliphatic heterocycles. The van der Waals surface area contributed by atoms with Crippen molar-refractivity contribution >= 4 is 12.3 Å². The molecule has 0 spiro atoms. The Kier molecular flexibility index (Phi) is 4.41. The van der Waals surface area contributed by atoms with E-state index < -0.39 is 0 Å². The minimum Gasteiger partial charge on any atom is -0.466 e. The minimum atomic E-state index is -0.373. The Hall–Kier alpha value is -2.15. The third kappa shape index (κ3) is 2.91. The van der Waals surface area contributed by atoms with Gasteiger partial charge in [0.1, 0.15) is 6.29 Å². The van der Waals surface area contributed by atoms with Crippen LogP contribution < -0.4 is 0 Å². The molecule has 0 radical (unpaired) electrons. The number of ether oxygens (including phenoxy) is 1. The maximum absolute atomic E-state index is 11.3. The van der Waals surface area contributed by atoms with Crippen LogP contribution in [0.3, 0.4) is 0 Å².